The van der Waals surface area contributed by atoms with Crippen LogP contribution in [-0.2, 0) is 24.4 Å². The lowest BCUT2D eigenvalue weighted by molar-refractivity contribution is 0.0543. The van der Waals surface area contributed by atoms with E-state index in [1.165, 1.54) is 0 Å². The molecule has 5 aromatic rings. The van der Waals surface area contributed by atoms with E-state index in [2.05, 4.69) is 20.9 Å². The van der Waals surface area contributed by atoms with Crippen molar-refractivity contribution >= 4 is 33.7 Å². The zero-order valence-electron chi connectivity index (χ0n) is 22.2. The Morgan fingerprint density at radius 3 is 2.55 bits per heavy atom. The highest BCUT2D eigenvalue weighted by Gasteiger charge is 2.36. The van der Waals surface area contributed by atoms with E-state index in [0.717, 1.165) is 57.6 Å². The van der Waals surface area contributed by atoms with Crippen molar-refractivity contribution in [2.24, 2.45) is 20.0 Å². The van der Waals surface area contributed by atoms with Gasteiger partial charge in [-0.3, -0.25) is 14.6 Å². The van der Waals surface area contributed by atoms with Crippen molar-refractivity contribution in [2.45, 2.75) is 45.3 Å². The molecule has 1 N–H and O–H groups in total. The molecule has 1 atom stereocenters. The molecular weight excluding hydrogens is 504 g/mol. The predicted octanol–water partition coefficient (Wildman–Crippen LogP) is 4.32. The topological polar surface area (TPSA) is 109 Å². The first-order chi connectivity index (χ1) is 18.2. The number of fused-ring (bicyclic) bond motifs is 3. The Labute approximate surface area is 225 Å². The van der Waals surface area contributed by atoms with Gasteiger partial charge < -0.3 is 14.4 Å². The highest BCUT2D eigenvalue weighted by atomic mass is 35.5. The van der Waals surface area contributed by atoms with Gasteiger partial charge in [0.1, 0.15) is 22.3 Å². The molecule has 10 nitrogen and oxygen atoms in total. The molecule has 38 heavy (non-hydrogen) atoms. The molecule has 1 saturated heterocycles. The zero-order valence-corrected chi connectivity index (χ0v) is 22.9. The van der Waals surface area contributed by atoms with E-state index < -0.39 is 5.60 Å². The number of aliphatic hydroxyl groups is 1. The van der Waals surface area contributed by atoms with Crippen molar-refractivity contribution in [1.82, 2.24) is 39.3 Å². The Morgan fingerprint density at radius 1 is 1.13 bits per heavy atom. The fourth-order valence-electron chi connectivity index (χ4n) is 5.84. The van der Waals surface area contributed by atoms with Gasteiger partial charge in [-0.25, -0.2) is 4.68 Å². The van der Waals surface area contributed by atoms with Crippen LogP contribution in [0.2, 0.25) is 5.02 Å². The van der Waals surface area contributed by atoms with Crippen LogP contribution in [0.15, 0.2) is 30.6 Å². The third kappa shape index (κ3) is 3.90. The third-order valence-electron chi connectivity index (χ3n) is 7.52. The molecule has 0 spiro atoms. The van der Waals surface area contributed by atoms with Gasteiger partial charge >= 0.3 is 0 Å². The summed E-state index contributed by atoms with van der Waals surface area (Å²) in [7, 11) is 3.77. The second kappa shape index (κ2) is 9.14. The van der Waals surface area contributed by atoms with Crippen LogP contribution in [0.5, 0.6) is 0 Å². The maximum atomic E-state index is 11.3. The maximum absolute atomic E-state index is 11.3. The lowest BCUT2D eigenvalue weighted by Gasteiger charge is -2.33. The molecule has 1 aliphatic rings. The van der Waals surface area contributed by atoms with Gasteiger partial charge in [-0.15, -0.1) is 5.10 Å². The van der Waals surface area contributed by atoms with Crippen LogP contribution in [-0.4, -0.2) is 57.6 Å². The van der Waals surface area contributed by atoms with Crippen LogP contribution in [0.1, 0.15) is 49.8 Å². The van der Waals surface area contributed by atoms with Gasteiger partial charge in [0.25, 0.3) is 0 Å². The third-order valence-corrected chi connectivity index (χ3v) is 7.84. The first-order valence-corrected chi connectivity index (χ1v) is 13.2. The Hall–Kier alpha value is -3.34. The van der Waals surface area contributed by atoms with E-state index in [1.807, 2.05) is 44.0 Å². The number of hydrogen-bond acceptors (Lipinski definition) is 7. The molecular formula is C27H31ClN8O2. The first kappa shape index (κ1) is 25.0. The molecule has 6 heterocycles. The average Bonchev–Trinajstić information content (AvgIpc) is 3.52. The minimum absolute atomic E-state index is 0.202. The number of pyridine rings is 2. The average molecular weight is 535 g/mol. The first-order valence-electron chi connectivity index (χ1n) is 12.8. The van der Waals surface area contributed by atoms with Gasteiger partial charge in [0.05, 0.1) is 39.2 Å². The van der Waals surface area contributed by atoms with Crippen LogP contribution in [0, 0.1) is 12.8 Å². The number of aryl methyl sites for hydroxylation is 3. The minimum atomic E-state index is -1.19. The van der Waals surface area contributed by atoms with E-state index in [0.29, 0.717) is 23.9 Å². The van der Waals surface area contributed by atoms with Gasteiger partial charge in [0, 0.05) is 45.3 Å². The van der Waals surface area contributed by atoms with Crippen molar-refractivity contribution in [3.63, 3.8) is 0 Å². The Morgan fingerprint density at radius 2 is 1.89 bits per heavy atom. The van der Waals surface area contributed by atoms with E-state index in [9.17, 15) is 5.11 Å². The van der Waals surface area contributed by atoms with Gasteiger partial charge in [0.2, 0.25) is 0 Å². The highest BCUT2D eigenvalue weighted by Crippen LogP contribution is 2.44. The number of hydrogen-bond donors (Lipinski definition) is 1. The lowest BCUT2D eigenvalue weighted by atomic mass is 9.88. The standard InChI is InChI=1S/C27H31ClN8O2/c1-15-22(35(5)33-31-15)17-13-19-21(30-14-17)24-25(26(27(2,3)37)32-34(24)4)36(19)23(16-8-11-38-12-9-16)20-18(28)7-6-10-29-20/h6-7,10,13-14,16,23,37H,8-9,11-12H2,1-5H3. The van der Waals surface area contributed by atoms with Crippen molar-refractivity contribution < 1.29 is 9.84 Å². The maximum Gasteiger partial charge on any atom is 0.118 e. The van der Waals surface area contributed by atoms with Crippen molar-refractivity contribution in [3.8, 4) is 11.3 Å². The van der Waals surface area contributed by atoms with Crippen molar-refractivity contribution in [2.75, 3.05) is 13.2 Å². The van der Waals surface area contributed by atoms with Gasteiger partial charge in [0.15, 0.2) is 0 Å². The molecule has 0 saturated carbocycles. The van der Waals surface area contributed by atoms with E-state index >= 15 is 0 Å². The molecule has 1 fully saturated rings. The second-order valence-electron chi connectivity index (χ2n) is 10.6. The molecule has 0 radical (unpaired) electrons. The largest absolute Gasteiger partial charge is 0.384 e. The monoisotopic (exact) mass is 534 g/mol. The number of rotatable bonds is 5. The van der Waals surface area contributed by atoms with Crippen molar-refractivity contribution in [1.29, 1.82) is 0 Å². The van der Waals surface area contributed by atoms with Crippen LogP contribution in [0.25, 0.3) is 33.3 Å². The number of nitrogens with zero attached hydrogens (tertiary/aromatic N) is 8. The normalized spacial score (nSPS) is 16.1. The van der Waals surface area contributed by atoms with Crippen molar-refractivity contribution in [3.05, 3.63) is 52.7 Å². The van der Waals surface area contributed by atoms with E-state index in [-0.39, 0.29) is 12.0 Å². The zero-order chi connectivity index (χ0) is 26.8. The molecule has 0 bridgehead atoms. The Bertz CT molecular complexity index is 1640. The second-order valence-corrected chi connectivity index (χ2v) is 11.0. The highest BCUT2D eigenvalue weighted by molar-refractivity contribution is 6.31. The quantitative estimate of drug-likeness (QED) is 0.357. The summed E-state index contributed by atoms with van der Waals surface area (Å²) < 4.78 is 11.6. The molecule has 0 aliphatic carbocycles. The Kier molecular flexibility index (Phi) is 6.01. The lowest BCUT2D eigenvalue weighted by Crippen LogP contribution is -2.28. The molecule has 0 amide bonds. The fourth-order valence-corrected chi connectivity index (χ4v) is 6.07. The van der Waals surface area contributed by atoms with Crippen LogP contribution in [0.4, 0.5) is 0 Å². The predicted molar refractivity (Wildman–Crippen MR) is 145 cm³/mol. The van der Waals surface area contributed by atoms with Gasteiger partial charge in [-0.05, 0) is 57.7 Å². The summed E-state index contributed by atoms with van der Waals surface area (Å²) in [6, 6.07) is 5.64. The summed E-state index contributed by atoms with van der Waals surface area (Å²) in [6.45, 7) is 6.80. The molecule has 1 aliphatic heterocycles. The fraction of sp³-hybridized carbons (Fsp3) is 0.444. The summed E-state index contributed by atoms with van der Waals surface area (Å²) in [4.78, 5) is 9.75. The molecule has 11 heteroatoms. The van der Waals surface area contributed by atoms with Crippen LogP contribution >= 0.6 is 11.6 Å². The number of aromatic nitrogens is 8. The number of ether oxygens (including phenoxy) is 1. The molecule has 0 aromatic carbocycles. The van der Waals surface area contributed by atoms with Gasteiger partial charge in [-0.1, -0.05) is 16.8 Å². The molecule has 1 unspecified atom stereocenters. The van der Waals surface area contributed by atoms with Crippen LogP contribution < -0.4 is 0 Å². The smallest absolute Gasteiger partial charge is 0.118 e. The molecule has 6 rings (SSSR count). The summed E-state index contributed by atoms with van der Waals surface area (Å²) in [6.07, 6.45) is 5.35. The van der Waals surface area contributed by atoms with E-state index in [1.54, 1.807) is 24.7 Å². The summed E-state index contributed by atoms with van der Waals surface area (Å²) >= 11 is 6.83. The SMILES string of the molecule is Cc1nnn(C)c1-c1cnc2c3c(c(C(C)(C)O)nn3C)n(C(c3ncccc3Cl)C3CCOCC3)c2c1. The van der Waals surface area contributed by atoms with Crippen LogP contribution in [0.3, 0.4) is 0 Å². The Balaban J connectivity index is 1.75. The molecule has 5 aromatic heterocycles. The summed E-state index contributed by atoms with van der Waals surface area (Å²) in [5.74, 6) is 0.202. The van der Waals surface area contributed by atoms with E-state index in [4.69, 9.17) is 31.4 Å². The number of halogens is 1. The molecule has 198 valence electrons. The summed E-state index contributed by atoms with van der Waals surface area (Å²) in [5, 5.41) is 25.1. The minimum Gasteiger partial charge on any atom is -0.384 e. The van der Waals surface area contributed by atoms with Gasteiger partial charge in [-0.2, -0.15) is 5.10 Å². The summed E-state index contributed by atoms with van der Waals surface area (Å²) in [5.41, 5.74) is 6.20.